The molecule has 2 saturated carbocycles. The molecule has 2 aliphatic carbocycles. The lowest BCUT2D eigenvalue weighted by atomic mass is 9.91. The normalized spacial score (nSPS) is 20.8. The predicted octanol–water partition coefficient (Wildman–Crippen LogP) is 4.65. The SMILES string of the molecule is Cn1ncc(-c2nc(NC3CCC(NC(=O)CCCCCCNCC(=O)Nc4cccc5c4CN(C4CCCC(=O)NC4=O)C5=O)CC3)ncc2Cl)c1CC1CC1. The zero-order valence-corrected chi connectivity index (χ0v) is 33.3. The molecule has 4 aliphatic rings. The van der Waals surface area contributed by atoms with Gasteiger partial charge in [0.2, 0.25) is 29.6 Å². The van der Waals surface area contributed by atoms with Gasteiger partial charge in [0, 0.05) is 66.6 Å². The van der Waals surface area contributed by atoms with Gasteiger partial charge in [0.05, 0.1) is 29.7 Å². The van der Waals surface area contributed by atoms with Crippen molar-refractivity contribution in [2.45, 2.75) is 121 Å². The first kappa shape index (κ1) is 40.3. The number of fused-ring (bicyclic) bond motifs is 1. The number of imide groups is 1. The van der Waals surface area contributed by atoms with E-state index in [0.29, 0.717) is 65.2 Å². The molecule has 16 heteroatoms. The van der Waals surface area contributed by atoms with Crippen LogP contribution in [0.1, 0.15) is 112 Å². The van der Waals surface area contributed by atoms with E-state index in [1.165, 1.54) is 17.7 Å². The standard InChI is InChI=1S/C41H53ClN10O5/c1-51-34(20-25-13-14-25)29(21-45-51)38-31(42)22-44-41(50-38)47-27-17-15-26(16-18-27)46-35(53)11-4-2-3-5-19-43-23-37(55)48-32-9-6-8-28-30(32)24-52(40(28)57)33-10-7-12-36(54)49-39(33)56/h6,8-9,21-22,25-27,33,43H,2-5,7,10-20,23-24H2,1H3,(H,46,53)(H,48,55)(H,44,47,50)(H,49,54,56). The third-order valence-electron chi connectivity index (χ3n) is 11.6. The highest BCUT2D eigenvalue weighted by atomic mass is 35.5. The van der Waals surface area contributed by atoms with Gasteiger partial charge in [-0.3, -0.25) is 34.0 Å². The van der Waals surface area contributed by atoms with Gasteiger partial charge in [0.1, 0.15) is 6.04 Å². The summed E-state index contributed by atoms with van der Waals surface area (Å²) in [7, 11) is 1.97. The summed E-state index contributed by atoms with van der Waals surface area (Å²) in [5, 5.41) is 20.2. The Morgan fingerprint density at radius 2 is 1.72 bits per heavy atom. The molecule has 5 amide bonds. The first-order valence-electron chi connectivity index (χ1n) is 20.5. The van der Waals surface area contributed by atoms with Crippen LogP contribution in [0.25, 0.3) is 11.3 Å². The fourth-order valence-electron chi connectivity index (χ4n) is 8.16. The number of amides is 5. The van der Waals surface area contributed by atoms with Crippen LogP contribution in [0.4, 0.5) is 11.6 Å². The van der Waals surface area contributed by atoms with Crippen molar-refractivity contribution in [2.75, 3.05) is 23.7 Å². The Hall–Kier alpha value is -4.89. The molecule has 304 valence electrons. The van der Waals surface area contributed by atoms with Crippen LogP contribution in [0, 0.1) is 5.92 Å². The second-order valence-corrected chi connectivity index (χ2v) is 16.3. The highest BCUT2D eigenvalue weighted by molar-refractivity contribution is 6.33. The van der Waals surface area contributed by atoms with Crippen molar-refractivity contribution < 1.29 is 24.0 Å². The van der Waals surface area contributed by atoms with Crippen molar-refractivity contribution in [1.82, 2.24) is 40.6 Å². The molecular weight excluding hydrogens is 748 g/mol. The Morgan fingerprint density at radius 1 is 0.930 bits per heavy atom. The van der Waals surface area contributed by atoms with E-state index < -0.39 is 11.9 Å². The number of benzene rings is 1. The van der Waals surface area contributed by atoms with Crippen LogP contribution in [-0.2, 0) is 39.2 Å². The van der Waals surface area contributed by atoms with E-state index in [1.807, 2.05) is 17.9 Å². The van der Waals surface area contributed by atoms with Crippen molar-refractivity contribution in [1.29, 1.82) is 0 Å². The van der Waals surface area contributed by atoms with E-state index in [4.69, 9.17) is 16.6 Å². The van der Waals surface area contributed by atoms with Crippen LogP contribution in [-0.4, -0.2) is 85.4 Å². The van der Waals surface area contributed by atoms with Gasteiger partial charge < -0.3 is 26.2 Å². The number of aryl methyl sites for hydroxylation is 1. The molecule has 1 unspecified atom stereocenters. The maximum atomic E-state index is 13.2. The van der Waals surface area contributed by atoms with E-state index in [9.17, 15) is 24.0 Å². The van der Waals surface area contributed by atoms with Crippen LogP contribution < -0.4 is 26.6 Å². The molecule has 1 atom stereocenters. The zero-order chi connectivity index (χ0) is 39.9. The van der Waals surface area contributed by atoms with E-state index in [2.05, 4.69) is 36.7 Å². The number of halogens is 1. The van der Waals surface area contributed by atoms with E-state index in [-0.39, 0.29) is 55.2 Å². The lowest BCUT2D eigenvalue weighted by molar-refractivity contribution is -0.132. The molecule has 0 spiro atoms. The van der Waals surface area contributed by atoms with Crippen LogP contribution in [0.2, 0.25) is 5.02 Å². The summed E-state index contributed by atoms with van der Waals surface area (Å²) in [4.78, 5) is 73.7. The summed E-state index contributed by atoms with van der Waals surface area (Å²) in [5.74, 6) is 0.0856. The monoisotopic (exact) mass is 800 g/mol. The summed E-state index contributed by atoms with van der Waals surface area (Å²) >= 11 is 6.56. The maximum Gasteiger partial charge on any atom is 0.255 e. The predicted molar refractivity (Wildman–Crippen MR) is 215 cm³/mol. The number of anilines is 2. The summed E-state index contributed by atoms with van der Waals surface area (Å²) in [5.41, 5.74) is 4.51. The van der Waals surface area contributed by atoms with Gasteiger partial charge in [0.25, 0.3) is 5.91 Å². The van der Waals surface area contributed by atoms with Gasteiger partial charge in [0.15, 0.2) is 0 Å². The topological polar surface area (TPSA) is 192 Å². The molecule has 1 saturated heterocycles. The van der Waals surface area contributed by atoms with Gasteiger partial charge in [-0.15, -0.1) is 0 Å². The average molecular weight is 801 g/mol. The van der Waals surface area contributed by atoms with Crippen molar-refractivity contribution in [2.24, 2.45) is 13.0 Å². The highest BCUT2D eigenvalue weighted by Crippen LogP contribution is 2.37. The summed E-state index contributed by atoms with van der Waals surface area (Å²) in [6.07, 6.45) is 15.8. The van der Waals surface area contributed by atoms with Crippen LogP contribution in [0.3, 0.4) is 0 Å². The largest absolute Gasteiger partial charge is 0.353 e. The van der Waals surface area contributed by atoms with Gasteiger partial charge in [-0.1, -0.05) is 30.5 Å². The minimum atomic E-state index is -0.722. The number of aromatic nitrogens is 4. The number of rotatable bonds is 17. The number of unbranched alkanes of at least 4 members (excludes halogenated alkanes) is 3. The molecule has 1 aromatic carbocycles. The third-order valence-corrected chi connectivity index (χ3v) is 11.8. The van der Waals surface area contributed by atoms with Crippen molar-refractivity contribution in [3.05, 3.63) is 52.4 Å². The Morgan fingerprint density at radius 3 is 2.53 bits per heavy atom. The van der Waals surface area contributed by atoms with E-state index >= 15 is 0 Å². The molecule has 5 N–H and O–H groups in total. The number of nitrogens with one attached hydrogen (secondary N) is 5. The molecule has 0 bridgehead atoms. The van der Waals surface area contributed by atoms with Gasteiger partial charge in [-0.2, -0.15) is 5.10 Å². The Balaban J connectivity index is 0.748. The summed E-state index contributed by atoms with van der Waals surface area (Å²) in [6.45, 7) is 0.978. The summed E-state index contributed by atoms with van der Waals surface area (Å²) in [6, 6.07) is 4.83. The number of nitrogens with zero attached hydrogens (tertiary/aromatic N) is 5. The van der Waals surface area contributed by atoms with Gasteiger partial charge in [-0.25, -0.2) is 9.97 Å². The highest BCUT2D eigenvalue weighted by Gasteiger charge is 2.39. The lowest BCUT2D eigenvalue weighted by Crippen LogP contribution is -2.46. The summed E-state index contributed by atoms with van der Waals surface area (Å²) < 4.78 is 1.92. The number of carbonyl (C=O) groups excluding carboxylic acids is 5. The zero-order valence-electron chi connectivity index (χ0n) is 32.6. The minimum Gasteiger partial charge on any atom is -0.353 e. The van der Waals surface area contributed by atoms with Crippen molar-refractivity contribution in [3.63, 3.8) is 0 Å². The smallest absolute Gasteiger partial charge is 0.255 e. The number of hydrogen-bond acceptors (Lipinski definition) is 10. The van der Waals surface area contributed by atoms with E-state index in [1.54, 1.807) is 24.4 Å². The molecule has 57 heavy (non-hydrogen) atoms. The third kappa shape index (κ3) is 10.4. The minimum absolute atomic E-state index is 0.0928. The molecule has 15 nitrogen and oxygen atoms in total. The molecule has 0 radical (unpaired) electrons. The molecule has 2 aliphatic heterocycles. The van der Waals surface area contributed by atoms with Gasteiger partial charge >= 0.3 is 0 Å². The molecule has 4 heterocycles. The van der Waals surface area contributed by atoms with Crippen LogP contribution in [0.5, 0.6) is 0 Å². The van der Waals surface area contributed by atoms with Crippen molar-refractivity contribution >= 4 is 52.8 Å². The molecule has 3 aromatic rings. The molecule has 7 rings (SSSR count). The number of hydrogen-bond donors (Lipinski definition) is 5. The molecular formula is C41H53ClN10O5. The van der Waals surface area contributed by atoms with Crippen molar-refractivity contribution in [3.8, 4) is 11.3 Å². The maximum absolute atomic E-state index is 13.2. The Labute approximate surface area is 337 Å². The second-order valence-electron chi connectivity index (χ2n) is 15.9. The Bertz CT molecular complexity index is 1970. The average Bonchev–Trinajstić information content (AvgIpc) is 3.90. The molecule has 3 fully saturated rings. The molecule has 2 aromatic heterocycles. The fraction of sp³-hybridized carbons (Fsp3) is 0.561. The lowest BCUT2D eigenvalue weighted by Gasteiger charge is -2.29. The Kier molecular flexibility index (Phi) is 13.1. The van der Waals surface area contributed by atoms with Crippen LogP contribution >= 0.6 is 11.6 Å². The first-order valence-corrected chi connectivity index (χ1v) is 20.9. The first-order chi connectivity index (χ1) is 27.6. The second kappa shape index (κ2) is 18.6. The quantitative estimate of drug-likeness (QED) is 0.0949. The fourth-order valence-corrected chi connectivity index (χ4v) is 8.36. The van der Waals surface area contributed by atoms with E-state index in [0.717, 1.165) is 69.0 Å². The van der Waals surface area contributed by atoms with Gasteiger partial charge in [-0.05, 0) is 95.2 Å². The number of carbonyl (C=O) groups is 5. The van der Waals surface area contributed by atoms with Crippen LogP contribution in [0.15, 0.2) is 30.6 Å².